The number of carbonyl (C=O) groups excluding carboxylic acids is 1. The molecule has 0 aliphatic heterocycles. The maximum atomic E-state index is 11.9. The van der Waals surface area contributed by atoms with E-state index in [0.717, 1.165) is 17.8 Å². The van der Waals surface area contributed by atoms with E-state index >= 15 is 0 Å². The first-order valence-electron chi connectivity index (χ1n) is 6.21. The molecule has 0 atom stereocenters. The van der Waals surface area contributed by atoms with Gasteiger partial charge >= 0.3 is 0 Å². The Morgan fingerprint density at radius 3 is 2.11 bits per heavy atom. The molecule has 0 amide bonds. The molecule has 19 heavy (non-hydrogen) atoms. The summed E-state index contributed by atoms with van der Waals surface area (Å²) in [6.07, 6.45) is 6.42. The number of rotatable bonds is 6. The minimum atomic E-state index is -0.260. The van der Waals surface area contributed by atoms with E-state index in [-0.39, 0.29) is 11.5 Å². The van der Waals surface area contributed by atoms with Crippen molar-refractivity contribution in [2.75, 3.05) is 7.11 Å². The first-order valence-corrected chi connectivity index (χ1v) is 6.21. The van der Waals surface area contributed by atoms with Crippen molar-refractivity contribution in [3.05, 3.63) is 46.5 Å². The Morgan fingerprint density at radius 1 is 1.11 bits per heavy atom. The number of hydrogen-bond donors (Lipinski definition) is 2. The van der Waals surface area contributed by atoms with E-state index < -0.39 is 0 Å². The van der Waals surface area contributed by atoms with Gasteiger partial charge in [0.05, 0.1) is 12.8 Å². The fourth-order valence-corrected chi connectivity index (χ4v) is 1.44. The van der Waals surface area contributed by atoms with Gasteiger partial charge in [-0.25, -0.2) is 0 Å². The molecule has 0 unspecified atom stereocenters. The molecule has 0 radical (unpaired) electrons. The topological polar surface area (TPSA) is 78.3 Å². The first kappa shape index (κ1) is 17.0. The van der Waals surface area contributed by atoms with Gasteiger partial charge in [-0.2, -0.15) is 0 Å². The summed E-state index contributed by atoms with van der Waals surface area (Å²) in [5.41, 5.74) is 13.1. The zero-order valence-corrected chi connectivity index (χ0v) is 12.4. The molecule has 4 heteroatoms. The number of ether oxygens (including phenoxy) is 1. The SMILES string of the molecule is CC/C=C(C)/C(=C\C=C(/C)C(=O)/C(N)=C(/C)N)OC. The highest BCUT2D eigenvalue weighted by Gasteiger charge is 2.09. The van der Waals surface area contributed by atoms with Crippen LogP contribution in [0.2, 0.25) is 0 Å². The van der Waals surface area contributed by atoms with Gasteiger partial charge in [-0.05, 0) is 44.4 Å². The second-order valence-corrected chi connectivity index (χ2v) is 4.31. The number of ketones is 1. The van der Waals surface area contributed by atoms with Crippen LogP contribution >= 0.6 is 0 Å². The summed E-state index contributed by atoms with van der Waals surface area (Å²) in [6, 6.07) is 0. The highest BCUT2D eigenvalue weighted by molar-refractivity contribution is 6.07. The van der Waals surface area contributed by atoms with Gasteiger partial charge < -0.3 is 16.2 Å². The first-order chi connectivity index (χ1) is 8.84. The molecule has 0 aliphatic carbocycles. The van der Waals surface area contributed by atoms with Crippen LogP contribution in [0.3, 0.4) is 0 Å². The van der Waals surface area contributed by atoms with Crippen molar-refractivity contribution in [1.82, 2.24) is 0 Å². The van der Waals surface area contributed by atoms with Crippen LogP contribution in [0.1, 0.15) is 34.1 Å². The predicted octanol–water partition coefficient (Wildman–Crippen LogP) is 2.54. The smallest absolute Gasteiger partial charge is 0.206 e. The molecule has 0 saturated carbocycles. The molecule has 0 saturated heterocycles. The summed E-state index contributed by atoms with van der Waals surface area (Å²) >= 11 is 0. The molecular weight excluding hydrogens is 240 g/mol. The lowest BCUT2D eigenvalue weighted by Gasteiger charge is -2.06. The molecule has 4 nitrogen and oxygen atoms in total. The van der Waals surface area contributed by atoms with Gasteiger partial charge in [0.15, 0.2) is 0 Å². The van der Waals surface area contributed by atoms with Crippen LogP contribution < -0.4 is 11.5 Å². The summed E-state index contributed by atoms with van der Waals surface area (Å²) in [6.45, 7) is 7.31. The number of Topliss-reactive ketones (excluding diaryl/α,β-unsaturated/α-hetero) is 1. The largest absolute Gasteiger partial charge is 0.497 e. The van der Waals surface area contributed by atoms with Crippen molar-refractivity contribution in [2.24, 2.45) is 11.5 Å². The van der Waals surface area contributed by atoms with Crippen molar-refractivity contribution >= 4 is 5.78 Å². The average Bonchev–Trinajstić information content (AvgIpc) is 2.37. The van der Waals surface area contributed by atoms with Gasteiger partial charge in [0.1, 0.15) is 5.76 Å². The number of allylic oxidation sites excluding steroid dienone is 6. The molecule has 0 aliphatic rings. The Labute approximate surface area is 115 Å². The second-order valence-electron chi connectivity index (χ2n) is 4.31. The summed E-state index contributed by atoms with van der Waals surface area (Å²) in [5.74, 6) is 0.463. The third-order valence-corrected chi connectivity index (χ3v) is 2.63. The van der Waals surface area contributed by atoms with Crippen LogP contribution in [0.25, 0.3) is 0 Å². The Kier molecular flexibility index (Phi) is 7.34. The van der Waals surface area contributed by atoms with Crippen LogP contribution in [0.5, 0.6) is 0 Å². The van der Waals surface area contributed by atoms with Gasteiger partial charge in [0, 0.05) is 5.70 Å². The van der Waals surface area contributed by atoms with E-state index in [2.05, 4.69) is 13.0 Å². The number of methoxy groups -OCH3 is 1. The Bertz CT molecular complexity index is 451. The van der Waals surface area contributed by atoms with Crippen molar-refractivity contribution in [3.8, 4) is 0 Å². The minimum absolute atomic E-state index is 0.0851. The summed E-state index contributed by atoms with van der Waals surface area (Å²) in [4.78, 5) is 11.9. The van der Waals surface area contributed by atoms with E-state index in [1.807, 2.05) is 6.92 Å². The van der Waals surface area contributed by atoms with Crippen molar-refractivity contribution < 1.29 is 9.53 Å². The molecule has 0 aromatic rings. The van der Waals surface area contributed by atoms with Gasteiger partial charge in [-0.3, -0.25) is 4.79 Å². The summed E-state index contributed by atoms with van der Waals surface area (Å²) < 4.78 is 5.27. The van der Waals surface area contributed by atoms with Crippen molar-refractivity contribution in [2.45, 2.75) is 34.1 Å². The van der Waals surface area contributed by atoms with Gasteiger partial charge in [-0.15, -0.1) is 0 Å². The van der Waals surface area contributed by atoms with E-state index in [9.17, 15) is 4.79 Å². The van der Waals surface area contributed by atoms with Crippen LogP contribution in [-0.2, 0) is 9.53 Å². The molecule has 0 spiro atoms. The Hall–Kier alpha value is -1.97. The van der Waals surface area contributed by atoms with Crippen molar-refractivity contribution in [1.29, 1.82) is 0 Å². The average molecular weight is 264 g/mol. The Morgan fingerprint density at radius 2 is 1.68 bits per heavy atom. The molecule has 0 rings (SSSR count). The van der Waals surface area contributed by atoms with E-state index in [1.54, 1.807) is 33.1 Å². The zero-order valence-electron chi connectivity index (χ0n) is 12.4. The maximum absolute atomic E-state index is 11.9. The molecule has 0 heterocycles. The van der Waals surface area contributed by atoms with E-state index in [4.69, 9.17) is 16.2 Å². The van der Waals surface area contributed by atoms with Gasteiger partial charge in [0.2, 0.25) is 5.78 Å². The Balaban J connectivity index is 5.20. The highest BCUT2D eigenvalue weighted by Crippen LogP contribution is 2.12. The number of carbonyl (C=O) groups is 1. The molecule has 0 aromatic carbocycles. The molecule has 0 fully saturated rings. The lowest BCUT2D eigenvalue weighted by molar-refractivity contribution is -0.112. The van der Waals surface area contributed by atoms with Gasteiger partial charge in [-0.1, -0.05) is 19.1 Å². The summed E-state index contributed by atoms with van der Waals surface area (Å²) in [5, 5.41) is 0. The zero-order chi connectivity index (χ0) is 15.0. The standard InChI is InChI=1S/C15H24N2O2/c1-6-7-10(2)13(19-5)9-8-11(3)15(18)14(17)12(4)16/h7-9H,6,16-17H2,1-5H3/b10-7+,11-8+,13-9+,14-12+. The third-order valence-electron chi connectivity index (χ3n) is 2.63. The lowest BCUT2D eigenvalue weighted by Crippen LogP contribution is -2.17. The van der Waals surface area contributed by atoms with Gasteiger partial charge in [0.25, 0.3) is 0 Å². The van der Waals surface area contributed by atoms with Crippen LogP contribution in [-0.4, -0.2) is 12.9 Å². The minimum Gasteiger partial charge on any atom is -0.497 e. The second kappa shape index (κ2) is 8.19. The van der Waals surface area contributed by atoms with Crippen LogP contribution in [0.4, 0.5) is 0 Å². The monoisotopic (exact) mass is 264 g/mol. The fraction of sp³-hybridized carbons (Fsp3) is 0.400. The predicted molar refractivity (Wildman–Crippen MR) is 79.0 cm³/mol. The van der Waals surface area contributed by atoms with Crippen LogP contribution in [0, 0.1) is 0 Å². The maximum Gasteiger partial charge on any atom is 0.206 e. The highest BCUT2D eigenvalue weighted by atomic mass is 16.5. The normalized spacial score (nSPS) is 15.1. The quantitative estimate of drug-likeness (QED) is 0.439. The van der Waals surface area contributed by atoms with Crippen LogP contribution in [0.15, 0.2) is 46.5 Å². The third kappa shape index (κ3) is 5.46. The fourth-order valence-electron chi connectivity index (χ4n) is 1.44. The molecule has 0 aromatic heterocycles. The molecular formula is C15H24N2O2. The molecule has 4 N–H and O–H groups in total. The van der Waals surface area contributed by atoms with Crippen molar-refractivity contribution in [3.63, 3.8) is 0 Å². The van der Waals surface area contributed by atoms with E-state index in [0.29, 0.717) is 11.3 Å². The number of nitrogens with two attached hydrogens (primary N) is 2. The number of hydrogen-bond acceptors (Lipinski definition) is 4. The molecule has 106 valence electrons. The lowest BCUT2D eigenvalue weighted by atomic mass is 10.1. The van der Waals surface area contributed by atoms with E-state index in [1.165, 1.54) is 0 Å². The molecule has 0 bridgehead atoms. The summed E-state index contributed by atoms with van der Waals surface area (Å²) in [7, 11) is 1.60.